The molecule has 0 radical (unpaired) electrons. The van der Waals surface area contributed by atoms with Crippen LogP contribution < -0.4 is 0 Å². The van der Waals surface area contributed by atoms with Crippen LogP contribution in [0.15, 0.2) is 60.7 Å². The van der Waals surface area contributed by atoms with E-state index in [0.29, 0.717) is 5.56 Å². The Balaban J connectivity index is 2.36. The Hall–Kier alpha value is -1.64. The molecule has 1 unspecified atom stereocenters. The lowest BCUT2D eigenvalue weighted by Crippen LogP contribution is -2.49. The molecule has 0 aliphatic rings. The molecule has 154 valence electrons. The minimum atomic E-state index is -1.89. The molecule has 0 fully saturated rings. The second kappa shape index (κ2) is 11.4. The van der Waals surface area contributed by atoms with Gasteiger partial charge in [-0.2, -0.15) is 0 Å². The van der Waals surface area contributed by atoms with Crippen molar-refractivity contribution in [2.24, 2.45) is 0 Å². The summed E-state index contributed by atoms with van der Waals surface area (Å²) in [6, 6.07) is 19.5. The van der Waals surface area contributed by atoms with Crippen LogP contribution in [0.4, 0.5) is 0 Å². The summed E-state index contributed by atoms with van der Waals surface area (Å²) in [5.41, 5.74) is 0.919. The van der Waals surface area contributed by atoms with Crippen molar-refractivity contribution in [1.29, 1.82) is 0 Å². The predicted octanol–water partition coefficient (Wildman–Crippen LogP) is 6.70. The summed E-state index contributed by atoms with van der Waals surface area (Å²) in [6.45, 7) is 4.40. The van der Waals surface area contributed by atoms with Crippen LogP contribution in [0.25, 0.3) is 0 Å². The van der Waals surface area contributed by atoms with Crippen molar-refractivity contribution in [2.45, 2.75) is 89.3 Å². The Morgan fingerprint density at radius 3 is 1.61 bits per heavy atom. The average Bonchev–Trinajstić information content (AvgIpc) is 2.74. The maximum absolute atomic E-state index is 11.6. The molecule has 0 aromatic heterocycles. The highest BCUT2D eigenvalue weighted by atomic mass is 16.5. The Kier molecular flexibility index (Phi) is 9.21. The molecule has 1 atom stereocenters. The quantitative estimate of drug-likeness (QED) is 0.299. The Morgan fingerprint density at radius 2 is 1.04 bits per heavy atom. The number of hydrogen-bond acceptors (Lipinski definition) is 2. The van der Waals surface area contributed by atoms with Gasteiger partial charge in [-0.25, -0.2) is 0 Å². The molecule has 2 rings (SSSR count). The molecule has 0 spiro atoms. The Morgan fingerprint density at radius 1 is 0.571 bits per heavy atom. The molecule has 2 nitrogen and oxygen atoms in total. The van der Waals surface area contributed by atoms with Gasteiger partial charge in [0.15, 0.2) is 5.79 Å². The predicted molar refractivity (Wildman–Crippen MR) is 118 cm³/mol. The second-order valence-corrected chi connectivity index (χ2v) is 8.11. The van der Waals surface area contributed by atoms with Gasteiger partial charge in [0.1, 0.15) is 0 Å². The summed E-state index contributed by atoms with van der Waals surface area (Å²) in [4.78, 5) is 0. The van der Waals surface area contributed by atoms with E-state index in [9.17, 15) is 10.2 Å². The van der Waals surface area contributed by atoms with Gasteiger partial charge < -0.3 is 10.2 Å². The third-order valence-electron chi connectivity index (χ3n) is 6.08. The van der Waals surface area contributed by atoms with E-state index in [2.05, 4.69) is 26.0 Å². The van der Waals surface area contributed by atoms with Crippen LogP contribution in [0.5, 0.6) is 0 Å². The largest absolute Gasteiger partial charge is 0.361 e. The van der Waals surface area contributed by atoms with Crippen molar-refractivity contribution < 1.29 is 10.2 Å². The molecule has 2 aromatic carbocycles. The normalized spacial score (nSPS) is 14.0. The van der Waals surface area contributed by atoms with Gasteiger partial charge in [-0.3, -0.25) is 0 Å². The molecule has 0 saturated carbocycles. The van der Waals surface area contributed by atoms with Gasteiger partial charge in [-0.15, -0.1) is 0 Å². The maximum atomic E-state index is 11.6. The van der Waals surface area contributed by atoms with Crippen LogP contribution in [0.1, 0.15) is 89.2 Å². The molecule has 0 saturated heterocycles. The fraction of sp³-hybridized carbons (Fsp3) is 0.538. The molecule has 2 N–H and O–H groups in total. The summed E-state index contributed by atoms with van der Waals surface area (Å²) in [5, 5.41) is 23.1. The summed E-state index contributed by atoms with van der Waals surface area (Å²) in [7, 11) is 0. The fourth-order valence-corrected chi connectivity index (χ4v) is 4.35. The first-order valence-electron chi connectivity index (χ1n) is 11.1. The maximum Gasteiger partial charge on any atom is 0.199 e. The molecule has 0 amide bonds. The summed E-state index contributed by atoms with van der Waals surface area (Å²) in [6.07, 6.45) is 10.7. The SMILES string of the molecule is CCCCCCCCC(CCCC)(c1ccccc1)C(O)(O)c1ccccc1. The number of hydrogen-bond donors (Lipinski definition) is 2. The van der Waals surface area contributed by atoms with Crippen molar-refractivity contribution >= 4 is 0 Å². The molecule has 0 aliphatic carbocycles. The molecule has 2 heteroatoms. The lowest BCUT2D eigenvalue weighted by atomic mass is 9.64. The highest BCUT2D eigenvalue weighted by Gasteiger charge is 2.50. The molecule has 2 aromatic rings. The van der Waals surface area contributed by atoms with Gasteiger partial charge in [0.25, 0.3) is 0 Å². The topological polar surface area (TPSA) is 40.5 Å². The zero-order valence-electron chi connectivity index (χ0n) is 17.7. The third kappa shape index (κ3) is 5.46. The van der Waals surface area contributed by atoms with E-state index < -0.39 is 11.2 Å². The van der Waals surface area contributed by atoms with Gasteiger partial charge in [0.2, 0.25) is 0 Å². The molecular formula is C26H38O2. The summed E-state index contributed by atoms with van der Waals surface area (Å²) in [5.74, 6) is -1.89. The van der Waals surface area contributed by atoms with E-state index in [-0.39, 0.29) is 0 Å². The number of rotatable bonds is 13. The first kappa shape index (κ1) is 22.6. The van der Waals surface area contributed by atoms with Crippen LogP contribution in [-0.2, 0) is 11.2 Å². The molecule has 0 heterocycles. The summed E-state index contributed by atoms with van der Waals surface area (Å²) >= 11 is 0. The van der Waals surface area contributed by atoms with E-state index in [4.69, 9.17) is 0 Å². The minimum Gasteiger partial charge on any atom is -0.361 e. The van der Waals surface area contributed by atoms with Gasteiger partial charge >= 0.3 is 0 Å². The van der Waals surface area contributed by atoms with Gasteiger partial charge in [0.05, 0.1) is 5.41 Å². The van der Waals surface area contributed by atoms with Crippen molar-refractivity contribution in [3.63, 3.8) is 0 Å². The number of benzene rings is 2. The number of unbranched alkanes of at least 4 members (excludes halogenated alkanes) is 6. The lowest BCUT2D eigenvalue weighted by Gasteiger charge is -2.45. The van der Waals surface area contributed by atoms with Crippen LogP contribution in [0, 0.1) is 0 Å². The first-order valence-corrected chi connectivity index (χ1v) is 11.1. The van der Waals surface area contributed by atoms with Crippen molar-refractivity contribution in [1.82, 2.24) is 0 Å². The smallest absolute Gasteiger partial charge is 0.199 e. The summed E-state index contributed by atoms with van der Waals surface area (Å²) < 4.78 is 0. The monoisotopic (exact) mass is 382 g/mol. The van der Waals surface area contributed by atoms with Crippen molar-refractivity contribution in [3.05, 3.63) is 71.8 Å². The Bertz CT molecular complexity index is 651. The molecule has 28 heavy (non-hydrogen) atoms. The van der Waals surface area contributed by atoms with Gasteiger partial charge in [-0.05, 0) is 18.4 Å². The zero-order chi connectivity index (χ0) is 20.3. The zero-order valence-corrected chi connectivity index (χ0v) is 17.7. The fourth-order valence-electron chi connectivity index (χ4n) is 4.35. The van der Waals surface area contributed by atoms with Crippen LogP contribution in [-0.4, -0.2) is 10.2 Å². The van der Waals surface area contributed by atoms with Crippen LogP contribution >= 0.6 is 0 Å². The molecule has 0 bridgehead atoms. The molecular weight excluding hydrogens is 344 g/mol. The van der Waals surface area contributed by atoms with Crippen LogP contribution in [0.3, 0.4) is 0 Å². The number of aliphatic hydroxyl groups is 2. The first-order chi connectivity index (χ1) is 13.6. The minimum absolute atomic E-state index is 0.584. The Labute approximate surface area is 171 Å². The van der Waals surface area contributed by atoms with E-state index in [1.165, 1.54) is 25.7 Å². The average molecular weight is 383 g/mol. The highest BCUT2D eigenvalue weighted by Crippen LogP contribution is 2.48. The molecule has 0 aliphatic heterocycles. The second-order valence-electron chi connectivity index (χ2n) is 8.11. The van der Waals surface area contributed by atoms with E-state index in [0.717, 1.165) is 44.1 Å². The van der Waals surface area contributed by atoms with Gasteiger partial charge in [0, 0.05) is 5.56 Å². The standard InChI is InChI=1S/C26H38O2/c1-3-5-7-8-9-16-22-25(21-6-4-2,23-17-12-10-13-18-23)26(27,28)24-19-14-11-15-20-24/h10-15,17-20,27-28H,3-9,16,21-22H2,1-2H3. The van der Waals surface area contributed by atoms with E-state index >= 15 is 0 Å². The highest BCUT2D eigenvalue weighted by molar-refractivity contribution is 5.34. The van der Waals surface area contributed by atoms with Crippen molar-refractivity contribution in [2.75, 3.05) is 0 Å². The lowest BCUT2D eigenvalue weighted by molar-refractivity contribution is -0.229. The van der Waals surface area contributed by atoms with Crippen molar-refractivity contribution in [3.8, 4) is 0 Å². The van der Waals surface area contributed by atoms with Crippen LogP contribution in [0.2, 0.25) is 0 Å². The van der Waals surface area contributed by atoms with Gasteiger partial charge in [-0.1, -0.05) is 126 Å². The van der Waals surface area contributed by atoms with E-state index in [1.54, 1.807) is 0 Å². The third-order valence-corrected chi connectivity index (χ3v) is 6.08. The van der Waals surface area contributed by atoms with E-state index in [1.807, 2.05) is 48.5 Å².